The van der Waals surface area contributed by atoms with Crippen LogP contribution in [0.3, 0.4) is 0 Å². The Bertz CT molecular complexity index is 438. The van der Waals surface area contributed by atoms with Gasteiger partial charge in [0, 0.05) is 19.3 Å². The van der Waals surface area contributed by atoms with Crippen LogP contribution in [-0.2, 0) is 9.53 Å². The molecule has 110 valence electrons. The number of carbonyl (C=O) groups is 1. The van der Waals surface area contributed by atoms with Crippen molar-refractivity contribution < 1.29 is 9.53 Å². The SMILES string of the molecule is Cc1ccc(C(N)C(=O)NC(C)C2CCOCC2)cc1. The first-order valence-electron chi connectivity index (χ1n) is 7.28. The highest BCUT2D eigenvalue weighted by atomic mass is 16.5. The number of nitrogens with one attached hydrogen (secondary N) is 1. The molecule has 2 unspecified atom stereocenters. The van der Waals surface area contributed by atoms with Gasteiger partial charge in [-0.3, -0.25) is 4.79 Å². The van der Waals surface area contributed by atoms with E-state index >= 15 is 0 Å². The molecule has 1 aliphatic heterocycles. The molecule has 4 heteroatoms. The van der Waals surface area contributed by atoms with Gasteiger partial charge in [-0.15, -0.1) is 0 Å². The highest BCUT2D eigenvalue weighted by molar-refractivity contribution is 5.83. The Morgan fingerprint density at radius 2 is 1.90 bits per heavy atom. The Balaban J connectivity index is 1.91. The van der Waals surface area contributed by atoms with Crippen LogP contribution < -0.4 is 11.1 Å². The molecule has 4 nitrogen and oxygen atoms in total. The van der Waals surface area contributed by atoms with Gasteiger partial charge in [0.1, 0.15) is 6.04 Å². The van der Waals surface area contributed by atoms with E-state index in [4.69, 9.17) is 10.5 Å². The van der Waals surface area contributed by atoms with Crippen molar-refractivity contribution in [3.63, 3.8) is 0 Å². The molecule has 1 amide bonds. The van der Waals surface area contributed by atoms with E-state index in [-0.39, 0.29) is 11.9 Å². The van der Waals surface area contributed by atoms with Crippen molar-refractivity contribution in [3.05, 3.63) is 35.4 Å². The van der Waals surface area contributed by atoms with Crippen molar-refractivity contribution in [3.8, 4) is 0 Å². The molecule has 0 radical (unpaired) electrons. The largest absolute Gasteiger partial charge is 0.381 e. The summed E-state index contributed by atoms with van der Waals surface area (Å²) in [5.74, 6) is 0.380. The van der Waals surface area contributed by atoms with Crippen LogP contribution in [0.2, 0.25) is 0 Å². The zero-order chi connectivity index (χ0) is 14.5. The Morgan fingerprint density at radius 3 is 2.50 bits per heavy atom. The third kappa shape index (κ3) is 3.81. The smallest absolute Gasteiger partial charge is 0.241 e. The predicted molar refractivity (Wildman–Crippen MR) is 79.3 cm³/mol. The first-order chi connectivity index (χ1) is 9.58. The first-order valence-corrected chi connectivity index (χ1v) is 7.28. The summed E-state index contributed by atoms with van der Waals surface area (Å²) in [7, 11) is 0. The van der Waals surface area contributed by atoms with E-state index in [9.17, 15) is 4.79 Å². The second kappa shape index (κ2) is 6.86. The van der Waals surface area contributed by atoms with Crippen LogP contribution >= 0.6 is 0 Å². The van der Waals surface area contributed by atoms with Gasteiger partial charge in [0.05, 0.1) is 0 Å². The average Bonchev–Trinajstić information content (AvgIpc) is 2.48. The molecule has 1 aromatic rings. The second-order valence-electron chi connectivity index (χ2n) is 5.64. The number of hydrogen-bond acceptors (Lipinski definition) is 3. The lowest BCUT2D eigenvalue weighted by atomic mass is 9.92. The van der Waals surface area contributed by atoms with E-state index in [0.717, 1.165) is 37.2 Å². The van der Waals surface area contributed by atoms with Gasteiger partial charge in [-0.2, -0.15) is 0 Å². The lowest BCUT2D eigenvalue weighted by molar-refractivity contribution is -0.123. The summed E-state index contributed by atoms with van der Waals surface area (Å²) in [5, 5.41) is 3.04. The number of nitrogens with two attached hydrogens (primary N) is 1. The molecule has 1 heterocycles. The highest BCUT2D eigenvalue weighted by Crippen LogP contribution is 2.19. The van der Waals surface area contributed by atoms with Crippen molar-refractivity contribution >= 4 is 5.91 Å². The summed E-state index contributed by atoms with van der Waals surface area (Å²) < 4.78 is 5.35. The fourth-order valence-electron chi connectivity index (χ4n) is 2.57. The van der Waals surface area contributed by atoms with Crippen LogP contribution in [0.25, 0.3) is 0 Å². The quantitative estimate of drug-likeness (QED) is 0.883. The molecule has 0 aromatic heterocycles. The minimum atomic E-state index is -0.599. The zero-order valence-corrected chi connectivity index (χ0v) is 12.3. The van der Waals surface area contributed by atoms with E-state index in [0.29, 0.717) is 5.92 Å². The van der Waals surface area contributed by atoms with Crippen LogP contribution in [0, 0.1) is 12.8 Å². The molecule has 1 aromatic carbocycles. The lowest BCUT2D eigenvalue weighted by Crippen LogP contribution is -2.44. The van der Waals surface area contributed by atoms with Gasteiger partial charge in [0.25, 0.3) is 0 Å². The first kappa shape index (κ1) is 15.0. The van der Waals surface area contributed by atoms with Crippen LogP contribution in [-0.4, -0.2) is 25.2 Å². The molecule has 3 N–H and O–H groups in total. The molecular weight excluding hydrogens is 252 g/mol. The number of aryl methyl sites for hydroxylation is 1. The van der Waals surface area contributed by atoms with E-state index in [1.54, 1.807) is 0 Å². The number of benzene rings is 1. The average molecular weight is 276 g/mol. The molecule has 0 bridgehead atoms. The second-order valence-corrected chi connectivity index (χ2v) is 5.64. The van der Waals surface area contributed by atoms with Gasteiger partial charge in [0.15, 0.2) is 0 Å². The number of ether oxygens (including phenoxy) is 1. The molecular formula is C16H24N2O2. The maximum atomic E-state index is 12.2. The molecule has 2 rings (SSSR count). The van der Waals surface area contributed by atoms with Gasteiger partial charge < -0.3 is 15.8 Å². The Hall–Kier alpha value is -1.39. The van der Waals surface area contributed by atoms with Crippen molar-refractivity contribution in [1.82, 2.24) is 5.32 Å². The summed E-state index contributed by atoms with van der Waals surface area (Å²) in [6.07, 6.45) is 2.00. The third-order valence-electron chi connectivity index (χ3n) is 4.06. The normalized spacial score (nSPS) is 19.4. The maximum Gasteiger partial charge on any atom is 0.241 e. The predicted octanol–water partition coefficient (Wildman–Crippen LogP) is 1.93. The molecule has 1 aliphatic rings. The highest BCUT2D eigenvalue weighted by Gasteiger charge is 2.24. The van der Waals surface area contributed by atoms with E-state index in [2.05, 4.69) is 12.2 Å². The maximum absolute atomic E-state index is 12.2. The molecule has 2 atom stereocenters. The minimum absolute atomic E-state index is 0.104. The minimum Gasteiger partial charge on any atom is -0.381 e. The van der Waals surface area contributed by atoms with Gasteiger partial charge in [-0.25, -0.2) is 0 Å². The van der Waals surface area contributed by atoms with E-state index < -0.39 is 6.04 Å². The number of carbonyl (C=O) groups excluding carboxylic acids is 1. The summed E-state index contributed by atoms with van der Waals surface area (Å²) in [5.41, 5.74) is 8.05. The van der Waals surface area contributed by atoms with Gasteiger partial charge >= 0.3 is 0 Å². The molecule has 1 saturated heterocycles. The van der Waals surface area contributed by atoms with Crippen molar-refractivity contribution in [2.45, 2.75) is 38.8 Å². The molecule has 20 heavy (non-hydrogen) atoms. The standard InChI is InChI=1S/C16H24N2O2/c1-11-3-5-14(6-4-11)15(17)16(19)18-12(2)13-7-9-20-10-8-13/h3-6,12-13,15H,7-10,17H2,1-2H3,(H,18,19). The van der Waals surface area contributed by atoms with E-state index in [1.807, 2.05) is 31.2 Å². The zero-order valence-electron chi connectivity index (χ0n) is 12.3. The topological polar surface area (TPSA) is 64.4 Å². The summed E-state index contributed by atoms with van der Waals surface area (Å²) in [6, 6.07) is 7.33. The lowest BCUT2D eigenvalue weighted by Gasteiger charge is -2.29. The number of hydrogen-bond donors (Lipinski definition) is 2. The van der Waals surface area contributed by atoms with Crippen LogP contribution in [0.15, 0.2) is 24.3 Å². The van der Waals surface area contributed by atoms with E-state index in [1.165, 1.54) is 0 Å². The molecule has 0 spiro atoms. The summed E-state index contributed by atoms with van der Waals surface area (Å²) in [4.78, 5) is 12.2. The number of amides is 1. The van der Waals surface area contributed by atoms with Gasteiger partial charge in [-0.1, -0.05) is 29.8 Å². The Morgan fingerprint density at radius 1 is 1.30 bits per heavy atom. The van der Waals surface area contributed by atoms with Crippen LogP contribution in [0.4, 0.5) is 0 Å². The fourth-order valence-corrected chi connectivity index (χ4v) is 2.57. The van der Waals surface area contributed by atoms with Crippen LogP contribution in [0.1, 0.15) is 36.9 Å². The monoisotopic (exact) mass is 276 g/mol. The summed E-state index contributed by atoms with van der Waals surface area (Å²) >= 11 is 0. The molecule has 0 aliphatic carbocycles. The molecule has 0 saturated carbocycles. The Labute approximate surface area is 120 Å². The van der Waals surface area contributed by atoms with Crippen molar-refractivity contribution in [1.29, 1.82) is 0 Å². The Kier molecular flexibility index (Phi) is 5.15. The van der Waals surface area contributed by atoms with Crippen LogP contribution in [0.5, 0.6) is 0 Å². The van der Waals surface area contributed by atoms with Crippen molar-refractivity contribution in [2.24, 2.45) is 11.7 Å². The van der Waals surface area contributed by atoms with Crippen molar-refractivity contribution in [2.75, 3.05) is 13.2 Å². The fraction of sp³-hybridized carbons (Fsp3) is 0.562. The summed E-state index contributed by atoms with van der Waals surface area (Å²) in [6.45, 7) is 5.64. The molecule has 1 fully saturated rings. The van der Waals surface area contributed by atoms with Gasteiger partial charge in [-0.05, 0) is 38.2 Å². The van der Waals surface area contributed by atoms with Gasteiger partial charge in [0.2, 0.25) is 5.91 Å². The number of rotatable bonds is 4. The third-order valence-corrected chi connectivity index (χ3v) is 4.06.